The van der Waals surface area contributed by atoms with Crippen LogP contribution >= 0.6 is 23.2 Å². The first-order valence-corrected chi connectivity index (χ1v) is 12.5. The topological polar surface area (TPSA) is 104 Å². The van der Waals surface area contributed by atoms with Gasteiger partial charge in [-0.25, -0.2) is 16.8 Å². The molecule has 0 bridgehead atoms. The summed E-state index contributed by atoms with van der Waals surface area (Å²) in [5.41, 5.74) is 0.708. The standard InChI is InChI=1S/C17H19Cl2N3O5S2/c1-21(28(2,24)25)14-6-4-5-13(10-14)20-17(23)11-22(29(3,26)27)16-9-12(18)7-8-15(16)19/h4-10H,11H2,1-3H3,(H,20,23). The maximum Gasteiger partial charge on any atom is 0.245 e. The Morgan fingerprint density at radius 1 is 1.00 bits per heavy atom. The number of nitrogens with one attached hydrogen (secondary N) is 1. The molecule has 0 saturated heterocycles. The summed E-state index contributed by atoms with van der Waals surface area (Å²) in [6.45, 7) is -0.551. The molecule has 0 aromatic heterocycles. The Hall–Kier alpha value is -2.01. The molecule has 0 radical (unpaired) electrons. The van der Waals surface area contributed by atoms with Crippen LogP contribution in [-0.2, 0) is 24.8 Å². The van der Waals surface area contributed by atoms with Crippen molar-refractivity contribution in [3.05, 3.63) is 52.5 Å². The van der Waals surface area contributed by atoms with Crippen LogP contribution in [-0.4, -0.2) is 48.8 Å². The van der Waals surface area contributed by atoms with E-state index in [4.69, 9.17) is 23.2 Å². The van der Waals surface area contributed by atoms with Gasteiger partial charge in [-0.05, 0) is 36.4 Å². The van der Waals surface area contributed by atoms with E-state index >= 15 is 0 Å². The fraction of sp³-hybridized carbons (Fsp3) is 0.235. The predicted octanol–water partition coefficient (Wildman–Crippen LogP) is 2.79. The van der Waals surface area contributed by atoms with Gasteiger partial charge in [-0.1, -0.05) is 29.3 Å². The van der Waals surface area contributed by atoms with Crippen molar-refractivity contribution in [3.63, 3.8) is 0 Å². The third kappa shape index (κ3) is 6.23. The number of anilines is 3. The summed E-state index contributed by atoms with van der Waals surface area (Å²) < 4.78 is 49.7. The molecule has 2 rings (SSSR count). The predicted molar refractivity (Wildman–Crippen MR) is 117 cm³/mol. The van der Waals surface area contributed by atoms with Crippen molar-refractivity contribution in [2.24, 2.45) is 0 Å². The van der Waals surface area contributed by atoms with Gasteiger partial charge in [-0.2, -0.15) is 0 Å². The van der Waals surface area contributed by atoms with Gasteiger partial charge in [0.1, 0.15) is 6.54 Å². The molecule has 2 aromatic rings. The minimum Gasteiger partial charge on any atom is -0.324 e. The Labute approximate surface area is 180 Å². The van der Waals surface area contributed by atoms with Gasteiger partial charge in [0.2, 0.25) is 26.0 Å². The Balaban J connectivity index is 2.27. The number of carbonyl (C=O) groups is 1. The quantitative estimate of drug-likeness (QED) is 0.657. The number of hydrogen-bond donors (Lipinski definition) is 1. The second kappa shape index (κ2) is 8.78. The van der Waals surface area contributed by atoms with Gasteiger partial charge >= 0.3 is 0 Å². The van der Waals surface area contributed by atoms with Crippen molar-refractivity contribution < 1.29 is 21.6 Å². The molecule has 1 N–H and O–H groups in total. The molecule has 0 spiro atoms. The first-order valence-electron chi connectivity index (χ1n) is 8.05. The summed E-state index contributed by atoms with van der Waals surface area (Å²) in [7, 11) is -5.94. The number of amides is 1. The SMILES string of the molecule is CN(c1cccc(NC(=O)CN(c2cc(Cl)ccc2Cl)S(C)(=O)=O)c1)S(C)(=O)=O. The molecule has 0 aliphatic heterocycles. The van der Waals surface area contributed by atoms with E-state index in [9.17, 15) is 21.6 Å². The van der Waals surface area contributed by atoms with Crippen molar-refractivity contribution in [1.29, 1.82) is 0 Å². The molecule has 0 saturated carbocycles. The third-order valence-electron chi connectivity index (χ3n) is 3.86. The first kappa shape index (κ1) is 23.3. The Kier molecular flexibility index (Phi) is 7.05. The van der Waals surface area contributed by atoms with Gasteiger partial charge < -0.3 is 5.32 Å². The van der Waals surface area contributed by atoms with E-state index in [0.717, 1.165) is 21.1 Å². The van der Waals surface area contributed by atoms with E-state index in [1.807, 2.05) is 0 Å². The normalized spacial score (nSPS) is 11.8. The molecular weight excluding hydrogens is 461 g/mol. The van der Waals surface area contributed by atoms with Crippen LogP contribution in [0, 0.1) is 0 Å². The molecule has 0 fully saturated rings. The Morgan fingerprint density at radius 2 is 1.66 bits per heavy atom. The molecule has 0 aliphatic carbocycles. The average Bonchev–Trinajstić information content (AvgIpc) is 2.60. The molecule has 0 atom stereocenters. The van der Waals surface area contributed by atoms with Crippen LogP contribution < -0.4 is 13.9 Å². The molecule has 29 heavy (non-hydrogen) atoms. The number of halogens is 2. The zero-order valence-corrected chi connectivity index (χ0v) is 18.9. The first-order chi connectivity index (χ1) is 13.3. The van der Waals surface area contributed by atoms with Gasteiger partial charge in [-0.15, -0.1) is 0 Å². The van der Waals surface area contributed by atoms with Gasteiger partial charge in [-0.3, -0.25) is 13.4 Å². The minimum atomic E-state index is -3.84. The second-order valence-electron chi connectivity index (χ2n) is 6.19. The number of hydrogen-bond acceptors (Lipinski definition) is 5. The van der Waals surface area contributed by atoms with Gasteiger partial charge in [0, 0.05) is 17.8 Å². The van der Waals surface area contributed by atoms with E-state index in [1.165, 1.54) is 31.3 Å². The third-order valence-corrected chi connectivity index (χ3v) is 6.74. The van der Waals surface area contributed by atoms with Crippen LogP contribution in [0.3, 0.4) is 0 Å². The molecule has 12 heteroatoms. The largest absolute Gasteiger partial charge is 0.324 e. The fourth-order valence-corrected chi connectivity index (χ4v) is 4.15. The van der Waals surface area contributed by atoms with E-state index in [0.29, 0.717) is 11.4 Å². The lowest BCUT2D eigenvalue weighted by atomic mass is 10.2. The van der Waals surface area contributed by atoms with Crippen molar-refractivity contribution in [1.82, 2.24) is 0 Å². The molecule has 0 unspecified atom stereocenters. The lowest BCUT2D eigenvalue weighted by Crippen LogP contribution is -2.37. The van der Waals surface area contributed by atoms with E-state index in [-0.39, 0.29) is 15.7 Å². The highest BCUT2D eigenvalue weighted by Crippen LogP contribution is 2.30. The lowest BCUT2D eigenvalue weighted by Gasteiger charge is -2.23. The minimum absolute atomic E-state index is 0.0716. The summed E-state index contributed by atoms with van der Waals surface area (Å²) in [5.74, 6) is -0.648. The van der Waals surface area contributed by atoms with Crippen molar-refractivity contribution >= 4 is 66.2 Å². The zero-order valence-electron chi connectivity index (χ0n) is 15.8. The highest BCUT2D eigenvalue weighted by Gasteiger charge is 2.23. The van der Waals surface area contributed by atoms with Crippen LogP contribution in [0.1, 0.15) is 0 Å². The zero-order chi connectivity index (χ0) is 22.0. The monoisotopic (exact) mass is 479 g/mol. The lowest BCUT2D eigenvalue weighted by molar-refractivity contribution is -0.114. The maximum absolute atomic E-state index is 12.5. The summed E-state index contributed by atoms with van der Waals surface area (Å²) >= 11 is 12.0. The highest BCUT2D eigenvalue weighted by molar-refractivity contribution is 7.92. The number of rotatable bonds is 7. The Bertz CT molecular complexity index is 1140. The van der Waals surface area contributed by atoms with Crippen LogP contribution in [0.5, 0.6) is 0 Å². The summed E-state index contributed by atoms with van der Waals surface area (Å²) in [6, 6.07) is 10.4. The maximum atomic E-state index is 12.5. The number of carbonyl (C=O) groups excluding carboxylic acids is 1. The summed E-state index contributed by atoms with van der Waals surface area (Å²) in [4.78, 5) is 12.5. The van der Waals surface area contributed by atoms with Gasteiger partial charge in [0.05, 0.1) is 28.9 Å². The van der Waals surface area contributed by atoms with Crippen LogP contribution in [0.2, 0.25) is 10.0 Å². The molecular formula is C17H19Cl2N3O5S2. The average molecular weight is 480 g/mol. The van der Waals surface area contributed by atoms with E-state index < -0.39 is 32.5 Å². The van der Waals surface area contributed by atoms with Crippen molar-refractivity contribution in [2.45, 2.75) is 0 Å². The second-order valence-corrected chi connectivity index (χ2v) is 11.0. The van der Waals surface area contributed by atoms with E-state index in [2.05, 4.69) is 5.32 Å². The summed E-state index contributed by atoms with van der Waals surface area (Å²) in [6.07, 6.45) is 2.00. The summed E-state index contributed by atoms with van der Waals surface area (Å²) in [5, 5.41) is 2.93. The number of nitrogens with zero attached hydrogens (tertiary/aromatic N) is 2. The molecule has 1 amide bonds. The highest BCUT2D eigenvalue weighted by atomic mass is 35.5. The molecule has 158 valence electrons. The van der Waals surface area contributed by atoms with Gasteiger partial charge in [0.15, 0.2) is 0 Å². The fourth-order valence-electron chi connectivity index (χ4n) is 2.36. The molecule has 0 aliphatic rings. The molecule has 2 aromatic carbocycles. The van der Waals surface area contributed by atoms with Crippen molar-refractivity contribution in [2.75, 3.05) is 40.0 Å². The Morgan fingerprint density at radius 3 is 2.24 bits per heavy atom. The number of sulfonamides is 2. The molecule has 8 nitrogen and oxygen atoms in total. The van der Waals surface area contributed by atoms with E-state index in [1.54, 1.807) is 18.2 Å². The van der Waals surface area contributed by atoms with Crippen LogP contribution in [0.15, 0.2) is 42.5 Å². The van der Waals surface area contributed by atoms with Gasteiger partial charge in [0.25, 0.3) is 0 Å². The molecule has 0 heterocycles. The van der Waals surface area contributed by atoms with Crippen LogP contribution in [0.4, 0.5) is 17.1 Å². The smallest absolute Gasteiger partial charge is 0.245 e. The van der Waals surface area contributed by atoms with Crippen LogP contribution in [0.25, 0.3) is 0 Å². The van der Waals surface area contributed by atoms with Crippen molar-refractivity contribution in [3.8, 4) is 0 Å². The number of benzene rings is 2.